The summed E-state index contributed by atoms with van der Waals surface area (Å²) >= 11 is 27.9. The minimum atomic E-state index is -0.994. The van der Waals surface area contributed by atoms with E-state index in [9.17, 15) is 28.8 Å². The van der Waals surface area contributed by atoms with Gasteiger partial charge < -0.3 is 51.0 Å². The van der Waals surface area contributed by atoms with Crippen LogP contribution in [-0.4, -0.2) is 165 Å². The van der Waals surface area contributed by atoms with Gasteiger partial charge in [0.05, 0.1) is 72.2 Å². The number of carboxylic acids is 1. The molecule has 0 aliphatic carbocycles. The zero-order valence-electron chi connectivity index (χ0n) is 53.3. The van der Waals surface area contributed by atoms with E-state index in [2.05, 4.69) is 69.0 Å². The number of likely N-dealkylation sites (tertiary alicyclic amines) is 3. The fraction of sp³-hybridized carbons (Fsp3) is 0.415. The standard InChI is InChI=1S/C19H19ClN4O2.C14H20ClN3O2.C10H9NO3.C9H12ClN3.C9H18N2O2.C4H2Cl2N2/c1-2-18(25)23-15-5-3-14(4-6-15)19(26)24-8-7-13(12-24)9-16-10-22-17(20)11-21-16;1-14(2,3)20-13(19)18-5-4-10(9-18)6-11-7-17-12(15)8-16-11;1-2-9(12)11-8-5-3-7(4-6-8)10(13)14;10-9-6-12-8(5-13-9)3-7-1-2-11-4-7;1-9(2,3)13-8(12)11-5-4-7(10)6-11;5-3-1-7-4(6)2-8-3/h2-6,10-11,13H,1,7-9,12H2,(H,23,25);7-8,10H,4-6,9H2,1-3H3;2-6H,1H2,(H,11,12)(H,13,14);5-7,11H,1-4H2;7H,4-6,10H2,1-3H3;1-2H/t13-;10-;;2*7-;/m00.01./s1. The highest BCUT2D eigenvalue weighted by Crippen LogP contribution is 2.25. The number of benzene rings is 2. The second-order valence-corrected chi connectivity index (χ2v) is 25.9. The van der Waals surface area contributed by atoms with E-state index in [1.807, 2.05) is 46.4 Å². The van der Waals surface area contributed by atoms with Crippen LogP contribution in [-0.2, 0) is 38.3 Å². The molecule has 6 N–H and O–H groups in total. The molecule has 0 saturated carbocycles. The van der Waals surface area contributed by atoms with Crippen LogP contribution < -0.4 is 21.7 Å². The highest BCUT2D eigenvalue weighted by atomic mass is 35.5. The minimum absolute atomic E-state index is 0.00344. The number of rotatable bonds is 12. The number of halogens is 5. The zero-order chi connectivity index (χ0) is 69.0. The van der Waals surface area contributed by atoms with Gasteiger partial charge >= 0.3 is 18.2 Å². The molecule has 4 fully saturated rings. The summed E-state index contributed by atoms with van der Waals surface area (Å²) in [6.07, 6.45) is 21.1. The van der Waals surface area contributed by atoms with Crippen molar-refractivity contribution in [3.05, 3.63) is 177 Å². The Hall–Kier alpha value is -7.97. The molecule has 29 heteroatoms. The van der Waals surface area contributed by atoms with Crippen LogP contribution in [0.5, 0.6) is 0 Å². The second-order valence-electron chi connectivity index (χ2n) is 23.9. The Kier molecular flexibility index (Phi) is 31.4. The summed E-state index contributed by atoms with van der Waals surface area (Å²) in [6.45, 7) is 24.3. The van der Waals surface area contributed by atoms with E-state index in [0.717, 1.165) is 100 Å². The van der Waals surface area contributed by atoms with Crippen molar-refractivity contribution in [2.24, 2.45) is 23.5 Å². The lowest BCUT2D eigenvalue weighted by molar-refractivity contribution is -0.112. The van der Waals surface area contributed by atoms with E-state index in [1.165, 1.54) is 49.2 Å². The molecule has 5 amide bonds. The number of carbonyl (C=O) groups excluding carboxylic acids is 5. The van der Waals surface area contributed by atoms with Gasteiger partial charge in [-0.3, -0.25) is 29.3 Å². The first-order valence-electron chi connectivity index (χ1n) is 30.1. The van der Waals surface area contributed by atoms with Crippen LogP contribution in [0, 0.1) is 17.8 Å². The van der Waals surface area contributed by atoms with Crippen LogP contribution in [0.25, 0.3) is 0 Å². The molecule has 2 aromatic carbocycles. The smallest absolute Gasteiger partial charge is 0.410 e. The molecule has 4 atom stereocenters. The average Bonchev–Trinajstić information content (AvgIpc) is 1.69. The molecule has 4 aliphatic rings. The van der Waals surface area contributed by atoms with Crippen molar-refractivity contribution in [3.8, 4) is 0 Å². The van der Waals surface area contributed by atoms with Gasteiger partial charge in [-0.25, -0.2) is 39.3 Å². The number of aromatic carboxylic acids is 1. The van der Waals surface area contributed by atoms with Crippen molar-refractivity contribution < 1.29 is 43.3 Å². The van der Waals surface area contributed by atoms with Crippen molar-refractivity contribution in [3.63, 3.8) is 0 Å². The maximum Gasteiger partial charge on any atom is 0.410 e. The molecule has 0 radical (unpaired) electrons. The van der Waals surface area contributed by atoms with Crippen molar-refractivity contribution in [1.82, 2.24) is 59.9 Å². The first kappa shape index (κ1) is 76.7. The second kappa shape index (κ2) is 38.4. The van der Waals surface area contributed by atoms with Gasteiger partial charge in [0.2, 0.25) is 11.8 Å². The van der Waals surface area contributed by atoms with E-state index in [4.69, 9.17) is 78.3 Å². The summed E-state index contributed by atoms with van der Waals surface area (Å²) in [5.74, 6) is -0.123. The molecule has 10 rings (SSSR count). The topological polar surface area (TPSA) is 316 Å². The number of carbonyl (C=O) groups is 6. The molecule has 504 valence electrons. The fourth-order valence-corrected chi connectivity index (χ4v) is 9.81. The van der Waals surface area contributed by atoms with Crippen LogP contribution in [0.4, 0.5) is 21.0 Å². The molecule has 94 heavy (non-hydrogen) atoms. The molecule has 24 nitrogen and oxygen atoms in total. The van der Waals surface area contributed by atoms with E-state index in [1.54, 1.807) is 71.2 Å². The van der Waals surface area contributed by atoms with Crippen LogP contribution in [0.2, 0.25) is 25.8 Å². The number of nitrogens with two attached hydrogens (primary N) is 1. The maximum atomic E-state index is 12.7. The van der Waals surface area contributed by atoms with Gasteiger partial charge in [0.15, 0.2) is 0 Å². The van der Waals surface area contributed by atoms with Crippen LogP contribution in [0.15, 0.2) is 123 Å². The van der Waals surface area contributed by atoms with Gasteiger partial charge in [-0.1, -0.05) is 71.2 Å². The number of hydrogen-bond donors (Lipinski definition) is 5. The molecular formula is C65H80Cl5N15O9. The summed E-state index contributed by atoms with van der Waals surface area (Å²) < 4.78 is 10.6. The molecule has 4 aromatic heterocycles. The Morgan fingerprint density at radius 2 is 0.894 bits per heavy atom. The predicted octanol–water partition coefficient (Wildman–Crippen LogP) is 11.4. The van der Waals surface area contributed by atoms with Crippen molar-refractivity contribution in [2.75, 3.05) is 63.0 Å². The number of aromatic nitrogens is 8. The molecule has 0 bridgehead atoms. The number of nitrogens with one attached hydrogen (secondary N) is 3. The molecule has 4 aliphatic heterocycles. The number of carboxylic acid groups (broad SMARTS) is 1. The third-order valence-electron chi connectivity index (χ3n) is 13.8. The normalized spacial score (nSPS) is 17.0. The molecule has 0 spiro atoms. The Bertz CT molecular complexity index is 3380. The first-order valence-corrected chi connectivity index (χ1v) is 32.0. The van der Waals surface area contributed by atoms with Gasteiger partial charge in [-0.05, 0) is 178 Å². The zero-order valence-corrected chi connectivity index (χ0v) is 57.1. The number of hydrogen-bond acceptors (Lipinski definition) is 18. The van der Waals surface area contributed by atoms with Crippen molar-refractivity contribution in [2.45, 2.75) is 104 Å². The molecule has 4 saturated heterocycles. The summed E-state index contributed by atoms with van der Waals surface area (Å²) in [5, 5.41) is 19.1. The highest BCUT2D eigenvalue weighted by molar-refractivity contribution is 6.31. The Morgan fingerprint density at radius 3 is 1.23 bits per heavy atom. The third-order valence-corrected chi connectivity index (χ3v) is 14.8. The van der Waals surface area contributed by atoms with Crippen molar-refractivity contribution >= 4 is 105 Å². The number of nitrogens with zero attached hydrogens (tertiary/aromatic N) is 11. The lowest BCUT2D eigenvalue weighted by Gasteiger charge is -2.24. The monoisotopic (exact) mass is 1390 g/mol. The predicted molar refractivity (Wildman–Crippen MR) is 363 cm³/mol. The van der Waals surface area contributed by atoms with Gasteiger partial charge in [0, 0.05) is 62.2 Å². The van der Waals surface area contributed by atoms with Gasteiger partial charge in [-0.15, -0.1) is 0 Å². The lowest BCUT2D eigenvalue weighted by atomic mass is 10.0. The van der Waals surface area contributed by atoms with E-state index in [0.29, 0.717) is 74.2 Å². The van der Waals surface area contributed by atoms with Gasteiger partial charge in [-0.2, -0.15) is 0 Å². The Balaban J connectivity index is 0.000000212. The summed E-state index contributed by atoms with van der Waals surface area (Å²) in [5.41, 5.74) is 9.61. The van der Waals surface area contributed by atoms with E-state index < -0.39 is 17.2 Å². The Labute approximate surface area is 572 Å². The largest absolute Gasteiger partial charge is 0.478 e. The summed E-state index contributed by atoms with van der Waals surface area (Å²) in [7, 11) is 0. The van der Waals surface area contributed by atoms with Gasteiger partial charge in [0.25, 0.3) is 5.91 Å². The summed E-state index contributed by atoms with van der Waals surface area (Å²) in [4.78, 5) is 106. The first-order chi connectivity index (χ1) is 44.5. The summed E-state index contributed by atoms with van der Waals surface area (Å²) in [6, 6.07) is 12.9. The third kappa shape index (κ3) is 29.5. The number of anilines is 2. The highest BCUT2D eigenvalue weighted by Gasteiger charge is 2.31. The molecule has 6 aromatic rings. The maximum absolute atomic E-state index is 12.7. The minimum Gasteiger partial charge on any atom is -0.478 e. The quantitative estimate of drug-likeness (QED) is 0.0711. The number of ether oxygens (including phenoxy) is 2. The Morgan fingerprint density at radius 1 is 0.532 bits per heavy atom. The SMILES string of the molecule is C=CC(=O)Nc1ccc(C(=O)N2CC[C@@H](Cc3cnc(Cl)cn3)C2)cc1.C=CC(=O)Nc1ccc(C(=O)O)cc1.CC(C)(C)OC(=O)N1CC[C@@H](Cc2cnc(Cl)cn2)C1.CC(C)(C)OC(=O)N1CC[C@@H](N)C1.Clc1cnc(C[C@@H]2CCNC2)cn1.Clc1cnc(Cl)cn1. The van der Waals surface area contributed by atoms with E-state index >= 15 is 0 Å². The van der Waals surface area contributed by atoms with E-state index in [-0.39, 0.29) is 41.5 Å². The van der Waals surface area contributed by atoms with Gasteiger partial charge in [0.1, 0.15) is 37.0 Å². The molecular weight excluding hydrogens is 1310 g/mol. The van der Waals surface area contributed by atoms with Crippen molar-refractivity contribution in [1.29, 1.82) is 0 Å². The molecule has 0 unspecified atom stereocenters. The average molecular weight is 1390 g/mol. The van der Waals surface area contributed by atoms with Crippen LogP contribution in [0.1, 0.15) is 105 Å². The van der Waals surface area contributed by atoms with Crippen LogP contribution in [0.3, 0.4) is 0 Å². The molecule has 8 heterocycles. The lowest BCUT2D eigenvalue weighted by Crippen LogP contribution is -2.36. The fourth-order valence-electron chi connectivity index (χ4n) is 9.32. The van der Waals surface area contributed by atoms with Crippen LogP contribution >= 0.6 is 58.0 Å². The number of amides is 5.